The zero-order valence-electron chi connectivity index (χ0n) is 11.5. The standard InChI is InChI=1S/C12H18BrClN2O3S/c1-4-15-8(2)7-16-20(17,18)12-6-10(14)11(19-3)5-9(12)13/h5-6,8,15-16H,4,7H2,1-3H3/t8-/m1/s1. The Kier molecular flexibility index (Phi) is 6.74. The number of likely N-dealkylation sites (N-methyl/N-ethyl adjacent to an activating group) is 1. The smallest absolute Gasteiger partial charge is 0.241 e. The molecule has 0 amide bonds. The van der Waals surface area contributed by atoms with E-state index in [2.05, 4.69) is 26.0 Å². The van der Waals surface area contributed by atoms with E-state index in [0.717, 1.165) is 6.54 Å². The van der Waals surface area contributed by atoms with Crippen LogP contribution in [0.1, 0.15) is 13.8 Å². The van der Waals surface area contributed by atoms with E-state index in [1.165, 1.54) is 19.2 Å². The SMILES string of the molecule is CCN[C@H](C)CNS(=O)(=O)c1cc(Cl)c(OC)cc1Br. The van der Waals surface area contributed by atoms with Crippen molar-refractivity contribution < 1.29 is 13.2 Å². The molecule has 2 N–H and O–H groups in total. The number of ether oxygens (including phenoxy) is 1. The molecule has 0 aliphatic rings. The Morgan fingerprint density at radius 1 is 1.45 bits per heavy atom. The summed E-state index contributed by atoms with van der Waals surface area (Å²) in [6.45, 7) is 4.94. The van der Waals surface area contributed by atoms with Crippen molar-refractivity contribution in [1.82, 2.24) is 10.0 Å². The first-order valence-electron chi connectivity index (χ1n) is 6.08. The molecule has 0 fully saturated rings. The number of hydrogen-bond donors (Lipinski definition) is 2. The maximum absolute atomic E-state index is 12.2. The topological polar surface area (TPSA) is 67.4 Å². The Bertz CT molecular complexity index is 566. The minimum atomic E-state index is -3.63. The van der Waals surface area contributed by atoms with E-state index in [1.54, 1.807) is 0 Å². The van der Waals surface area contributed by atoms with Gasteiger partial charge >= 0.3 is 0 Å². The van der Waals surface area contributed by atoms with Crippen LogP contribution in [0.2, 0.25) is 5.02 Å². The van der Waals surface area contributed by atoms with E-state index < -0.39 is 10.0 Å². The normalized spacial score (nSPS) is 13.2. The van der Waals surface area contributed by atoms with Crippen LogP contribution < -0.4 is 14.8 Å². The Labute approximate surface area is 133 Å². The van der Waals surface area contributed by atoms with E-state index in [-0.39, 0.29) is 16.0 Å². The molecule has 1 rings (SSSR count). The molecule has 0 aromatic heterocycles. The molecule has 1 aromatic carbocycles. The van der Waals surface area contributed by atoms with Gasteiger partial charge in [-0.3, -0.25) is 0 Å². The van der Waals surface area contributed by atoms with Gasteiger partial charge in [0.25, 0.3) is 0 Å². The molecule has 1 aromatic rings. The molecule has 0 spiro atoms. The minimum Gasteiger partial charge on any atom is -0.495 e. The van der Waals surface area contributed by atoms with E-state index in [9.17, 15) is 8.42 Å². The number of methoxy groups -OCH3 is 1. The number of benzene rings is 1. The lowest BCUT2D eigenvalue weighted by molar-refractivity contribution is 0.414. The highest BCUT2D eigenvalue weighted by Crippen LogP contribution is 2.33. The maximum Gasteiger partial charge on any atom is 0.241 e. The molecule has 0 saturated heterocycles. The second kappa shape index (κ2) is 7.61. The molecule has 1 atom stereocenters. The first-order valence-corrected chi connectivity index (χ1v) is 8.73. The lowest BCUT2D eigenvalue weighted by atomic mass is 10.3. The number of rotatable bonds is 7. The fourth-order valence-electron chi connectivity index (χ4n) is 1.61. The monoisotopic (exact) mass is 384 g/mol. The Hall–Kier alpha value is -0.340. The molecule has 114 valence electrons. The predicted molar refractivity (Wildman–Crippen MR) is 84.0 cm³/mol. The molecule has 8 heteroatoms. The lowest BCUT2D eigenvalue weighted by Gasteiger charge is -2.15. The molecular formula is C12H18BrClN2O3S. The molecular weight excluding hydrogens is 368 g/mol. The van der Waals surface area contributed by atoms with Gasteiger partial charge in [-0.25, -0.2) is 13.1 Å². The van der Waals surface area contributed by atoms with Crippen molar-refractivity contribution >= 4 is 37.6 Å². The molecule has 20 heavy (non-hydrogen) atoms. The Balaban J connectivity index is 2.95. The molecule has 5 nitrogen and oxygen atoms in total. The second-order valence-corrected chi connectivity index (χ2v) is 7.22. The minimum absolute atomic E-state index is 0.0438. The molecule has 0 saturated carbocycles. The molecule has 0 unspecified atom stereocenters. The van der Waals surface area contributed by atoms with E-state index in [4.69, 9.17) is 16.3 Å². The van der Waals surface area contributed by atoms with Gasteiger partial charge in [0, 0.05) is 17.1 Å². The third kappa shape index (κ3) is 4.60. The van der Waals surface area contributed by atoms with Crippen molar-refractivity contribution in [3.05, 3.63) is 21.6 Å². The second-order valence-electron chi connectivity index (χ2n) is 4.23. The van der Waals surface area contributed by atoms with Crippen molar-refractivity contribution in [2.75, 3.05) is 20.2 Å². The quantitative estimate of drug-likeness (QED) is 0.756. The summed E-state index contributed by atoms with van der Waals surface area (Å²) in [4.78, 5) is 0.0898. The van der Waals surface area contributed by atoms with Crippen molar-refractivity contribution in [1.29, 1.82) is 0 Å². The molecule has 0 heterocycles. The number of hydrogen-bond acceptors (Lipinski definition) is 4. The van der Waals surface area contributed by atoms with Gasteiger partial charge < -0.3 is 10.1 Å². The summed E-state index contributed by atoms with van der Waals surface area (Å²) in [5.74, 6) is 0.415. The van der Waals surface area contributed by atoms with E-state index in [0.29, 0.717) is 16.8 Å². The van der Waals surface area contributed by atoms with Gasteiger partial charge in [0.1, 0.15) is 5.75 Å². The summed E-state index contributed by atoms with van der Waals surface area (Å²) in [5, 5.41) is 3.38. The maximum atomic E-state index is 12.2. The van der Waals surface area contributed by atoms with E-state index >= 15 is 0 Å². The summed E-state index contributed by atoms with van der Waals surface area (Å²) in [5.41, 5.74) is 0. The summed E-state index contributed by atoms with van der Waals surface area (Å²) in [7, 11) is -2.16. The van der Waals surface area contributed by atoms with Crippen LogP contribution in [0.25, 0.3) is 0 Å². The fraction of sp³-hybridized carbons (Fsp3) is 0.500. The highest BCUT2D eigenvalue weighted by molar-refractivity contribution is 9.10. The van der Waals surface area contributed by atoms with Gasteiger partial charge in [-0.15, -0.1) is 0 Å². The van der Waals surface area contributed by atoms with Crippen LogP contribution in [0.5, 0.6) is 5.75 Å². The molecule has 0 bridgehead atoms. The van der Waals surface area contributed by atoms with Crippen molar-refractivity contribution in [3.8, 4) is 5.75 Å². The fourth-order valence-corrected chi connectivity index (χ4v) is 4.09. The number of sulfonamides is 1. The predicted octanol–water partition coefficient (Wildman–Crippen LogP) is 2.39. The first kappa shape index (κ1) is 17.7. The zero-order valence-corrected chi connectivity index (χ0v) is 14.7. The summed E-state index contributed by atoms with van der Waals surface area (Å²) >= 11 is 9.19. The Morgan fingerprint density at radius 3 is 2.65 bits per heavy atom. The molecule has 0 radical (unpaired) electrons. The van der Waals surface area contributed by atoms with Crippen LogP contribution >= 0.6 is 27.5 Å². The van der Waals surface area contributed by atoms with Crippen LogP contribution in [0.15, 0.2) is 21.5 Å². The van der Waals surface area contributed by atoms with Crippen LogP contribution in [-0.2, 0) is 10.0 Å². The van der Waals surface area contributed by atoms with Crippen molar-refractivity contribution in [2.45, 2.75) is 24.8 Å². The third-order valence-electron chi connectivity index (χ3n) is 2.63. The van der Waals surface area contributed by atoms with Crippen LogP contribution in [0, 0.1) is 0 Å². The average Bonchev–Trinajstić information content (AvgIpc) is 2.39. The van der Waals surface area contributed by atoms with Gasteiger partial charge in [-0.05, 0) is 41.5 Å². The van der Waals surface area contributed by atoms with Gasteiger partial charge in [-0.2, -0.15) is 0 Å². The van der Waals surface area contributed by atoms with Crippen LogP contribution in [0.4, 0.5) is 0 Å². The van der Waals surface area contributed by atoms with Crippen molar-refractivity contribution in [3.63, 3.8) is 0 Å². The summed E-state index contributed by atoms with van der Waals surface area (Å²) in [6, 6.07) is 2.94. The number of nitrogens with one attached hydrogen (secondary N) is 2. The van der Waals surface area contributed by atoms with Gasteiger partial charge in [-0.1, -0.05) is 18.5 Å². The van der Waals surface area contributed by atoms with Crippen LogP contribution in [0.3, 0.4) is 0 Å². The third-order valence-corrected chi connectivity index (χ3v) is 5.31. The van der Waals surface area contributed by atoms with Crippen molar-refractivity contribution in [2.24, 2.45) is 0 Å². The van der Waals surface area contributed by atoms with Gasteiger partial charge in [0.15, 0.2) is 0 Å². The largest absolute Gasteiger partial charge is 0.495 e. The molecule has 0 aliphatic carbocycles. The Morgan fingerprint density at radius 2 is 2.10 bits per heavy atom. The number of halogens is 2. The summed E-state index contributed by atoms with van der Waals surface area (Å²) in [6.07, 6.45) is 0. The van der Waals surface area contributed by atoms with Gasteiger partial charge in [0.2, 0.25) is 10.0 Å². The van der Waals surface area contributed by atoms with Gasteiger partial charge in [0.05, 0.1) is 17.0 Å². The summed E-state index contributed by atoms with van der Waals surface area (Å²) < 4.78 is 32.5. The average molecular weight is 386 g/mol. The lowest BCUT2D eigenvalue weighted by Crippen LogP contribution is -2.38. The highest BCUT2D eigenvalue weighted by atomic mass is 79.9. The molecule has 0 aliphatic heterocycles. The van der Waals surface area contributed by atoms with Crippen LogP contribution in [-0.4, -0.2) is 34.7 Å². The van der Waals surface area contributed by atoms with E-state index in [1.807, 2.05) is 13.8 Å². The first-order chi connectivity index (χ1) is 9.31. The zero-order chi connectivity index (χ0) is 15.3. The highest BCUT2D eigenvalue weighted by Gasteiger charge is 2.20.